The van der Waals surface area contributed by atoms with Crippen LogP contribution in [-0.2, 0) is 18.1 Å². The van der Waals surface area contributed by atoms with Crippen LogP contribution in [0.4, 0.5) is 0 Å². The van der Waals surface area contributed by atoms with E-state index in [0.29, 0.717) is 24.8 Å². The predicted molar refractivity (Wildman–Crippen MR) is 87.7 cm³/mol. The van der Waals surface area contributed by atoms with Gasteiger partial charge in [-0.15, -0.1) is 0 Å². The van der Waals surface area contributed by atoms with Crippen LogP contribution in [0.25, 0.3) is 0 Å². The van der Waals surface area contributed by atoms with Gasteiger partial charge in [-0.25, -0.2) is 4.57 Å². The maximum absolute atomic E-state index is 12.0. The van der Waals surface area contributed by atoms with E-state index in [1.807, 2.05) is 0 Å². The summed E-state index contributed by atoms with van der Waals surface area (Å²) in [5, 5.41) is 9.61. The molecule has 0 aromatic heterocycles. The van der Waals surface area contributed by atoms with Crippen LogP contribution in [0.2, 0.25) is 0 Å². The highest BCUT2D eigenvalue weighted by molar-refractivity contribution is 7.48. The number of para-hydroxylation sites is 1. The minimum absolute atomic E-state index is 0.00944. The molecule has 0 heterocycles. The van der Waals surface area contributed by atoms with Crippen LogP contribution in [0.3, 0.4) is 0 Å². The Morgan fingerprint density at radius 3 is 2.30 bits per heavy atom. The second-order valence-corrected chi connectivity index (χ2v) is 6.54. The Hall–Kier alpha value is -1.20. The smallest absolute Gasteiger partial charge is 0.474 e. The van der Waals surface area contributed by atoms with Crippen LogP contribution in [0.1, 0.15) is 49.9 Å². The molecule has 0 bridgehead atoms. The van der Waals surface area contributed by atoms with Crippen molar-refractivity contribution in [1.29, 1.82) is 0 Å². The zero-order chi connectivity index (χ0) is 17.1. The van der Waals surface area contributed by atoms with E-state index in [1.54, 1.807) is 32.0 Å². The lowest BCUT2D eigenvalue weighted by atomic mass is 10.0. The minimum Gasteiger partial charge on any atom is -0.507 e. The van der Waals surface area contributed by atoms with Crippen molar-refractivity contribution in [2.45, 2.75) is 39.5 Å². The summed E-state index contributed by atoms with van der Waals surface area (Å²) in [7, 11) is -3.44. The van der Waals surface area contributed by atoms with Crippen molar-refractivity contribution in [2.75, 3.05) is 19.8 Å². The first-order valence-electron chi connectivity index (χ1n) is 7.87. The number of phenolic OH excluding ortho intramolecular Hbond substituents is 1. The normalized spacial score (nSPS) is 11.6. The topological polar surface area (TPSA) is 82.1 Å². The molecule has 0 fully saturated rings. The predicted octanol–water partition coefficient (Wildman–Crippen LogP) is 4.33. The number of benzene rings is 1. The fraction of sp³-hybridized carbons (Fsp3) is 0.562. The maximum Gasteiger partial charge on any atom is 0.474 e. The lowest BCUT2D eigenvalue weighted by Crippen LogP contribution is -2.02. The van der Waals surface area contributed by atoms with E-state index in [2.05, 4.69) is 0 Å². The summed E-state index contributed by atoms with van der Waals surface area (Å²) < 4.78 is 27.3. The largest absolute Gasteiger partial charge is 0.507 e. The Kier molecular flexibility index (Phi) is 9.10. The molecule has 6 nitrogen and oxygen atoms in total. The van der Waals surface area contributed by atoms with Gasteiger partial charge >= 0.3 is 7.82 Å². The van der Waals surface area contributed by atoms with Crippen LogP contribution in [-0.4, -0.2) is 30.7 Å². The number of Topliss-reactive ketones (excluding diaryl/α,β-unsaturated/α-hetero) is 1. The van der Waals surface area contributed by atoms with E-state index in [-0.39, 0.29) is 31.4 Å². The molecular formula is C16H25O6P. The van der Waals surface area contributed by atoms with Crippen molar-refractivity contribution < 1.29 is 28.0 Å². The van der Waals surface area contributed by atoms with Gasteiger partial charge in [0.2, 0.25) is 0 Å². The van der Waals surface area contributed by atoms with Gasteiger partial charge in [-0.1, -0.05) is 18.6 Å². The van der Waals surface area contributed by atoms with Crippen LogP contribution in [0, 0.1) is 0 Å². The van der Waals surface area contributed by atoms with Gasteiger partial charge in [-0.05, 0) is 38.8 Å². The van der Waals surface area contributed by atoms with E-state index in [0.717, 1.165) is 6.42 Å². The Balaban J connectivity index is 2.24. The Morgan fingerprint density at radius 2 is 1.70 bits per heavy atom. The number of unbranched alkanes of at least 4 members (excludes halogenated alkanes) is 2. The lowest BCUT2D eigenvalue weighted by molar-refractivity contribution is 0.0972. The van der Waals surface area contributed by atoms with Crippen LogP contribution >= 0.6 is 7.82 Å². The molecule has 0 saturated heterocycles. The number of aromatic hydroxyl groups is 1. The number of phenols is 1. The van der Waals surface area contributed by atoms with E-state index in [4.69, 9.17) is 13.6 Å². The average molecular weight is 344 g/mol. The van der Waals surface area contributed by atoms with Gasteiger partial charge in [0, 0.05) is 6.42 Å². The van der Waals surface area contributed by atoms with E-state index in [1.165, 1.54) is 6.07 Å². The van der Waals surface area contributed by atoms with E-state index in [9.17, 15) is 14.5 Å². The molecule has 130 valence electrons. The highest BCUT2D eigenvalue weighted by atomic mass is 31.2. The monoisotopic (exact) mass is 344 g/mol. The standard InChI is InChI=1S/C16H25O6P/c1-3-20-23(19,21-4-2)22-13-9-5-6-11-15(17)14-10-7-8-12-16(14)18/h7-8,10,12,18H,3-6,9,11,13H2,1-2H3. The first-order chi connectivity index (χ1) is 11.0. The zero-order valence-corrected chi connectivity index (χ0v) is 14.6. The number of phosphoric ester groups is 1. The molecule has 0 amide bonds. The molecule has 0 radical (unpaired) electrons. The maximum atomic E-state index is 12.0. The van der Waals surface area contributed by atoms with Crippen LogP contribution in [0.15, 0.2) is 24.3 Å². The quantitative estimate of drug-likeness (QED) is 0.345. The molecule has 7 heteroatoms. The highest BCUT2D eigenvalue weighted by Crippen LogP contribution is 2.49. The molecule has 0 saturated carbocycles. The molecule has 0 aliphatic carbocycles. The van der Waals surface area contributed by atoms with Gasteiger partial charge in [0.1, 0.15) is 5.75 Å². The molecule has 0 aliphatic heterocycles. The molecule has 1 aromatic carbocycles. The fourth-order valence-electron chi connectivity index (χ4n) is 2.01. The number of hydrogen-bond donors (Lipinski definition) is 1. The molecule has 0 unspecified atom stereocenters. The van der Waals surface area contributed by atoms with Gasteiger partial charge in [-0.2, -0.15) is 0 Å². The van der Waals surface area contributed by atoms with Crippen molar-refractivity contribution >= 4 is 13.6 Å². The van der Waals surface area contributed by atoms with E-state index >= 15 is 0 Å². The molecule has 1 rings (SSSR count). The number of ketones is 1. The molecular weight excluding hydrogens is 319 g/mol. The fourth-order valence-corrected chi connectivity index (χ4v) is 3.22. The minimum atomic E-state index is -3.44. The number of rotatable bonds is 12. The second kappa shape index (κ2) is 10.6. The first kappa shape index (κ1) is 19.8. The summed E-state index contributed by atoms with van der Waals surface area (Å²) in [6, 6.07) is 6.51. The highest BCUT2D eigenvalue weighted by Gasteiger charge is 2.24. The Morgan fingerprint density at radius 1 is 1.04 bits per heavy atom. The van der Waals surface area contributed by atoms with Gasteiger partial charge < -0.3 is 5.11 Å². The SMILES string of the molecule is CCOP(=O)(OCC)OCCCCCC(=O)c1ccccc1O. The molecule has 23 heavy (non-hydrogen) atoms. The molecule has 0 spiro atoms. The number of hydrogen-bond acceptors (Lipinski definition) is 6. The van der Waals surface area contributed by atoms with Crippen molar-refractivity contribution in [3.63, 3.8) is 0 Å². The molecule has 0 aliphatic rings. The second-order valence-electron chi connectivity index (χ2n) is 4.87. The van der Waals surface area contributed by atoms with Crippen LogP contribution in [0.5, 0.6) is 5.75 Å². The van der Waals surface area contributed by atoms with Crippen molar-refractivity contribution in [3.05, 3.63) is 29.8 Å². The molecule has 1 N–H and O–H groups in total. The van der Waals surface area contributed by atoms with Crippen molar-refractivity contribution in [2.24, 2.45) is 0 Å². The number of carbonyl (C=O) groups is 1. The van der Waals surface area contributed by atoms with Crippen molar-refractivity contribution in [1.82, 2.24) is 0 Å². The zero-order valence-electron chi connectivity index (χ0n) is 13.7. The lowest BCUT2D eigenvalue weighted by Gasteiger charge is -2.16. The van der Waals surface area contributed by atoms with Gasteiger partial charge in [-0.3, -0.25) is 18.4 Å². The molecule has 1 aromatic rings. The molecule has 0 atom stereocenters. The van der Waals surface area contributed by atoms with Gasteiger partial charge in [0.25, 0.3) is 0 Å². The Bertz CT molecular complexity index is 521. The number of carbonyl (C=O) groups excluding carboxylic acids is 1. The first-order valence-corrected chi connectivity index (χ1v) is 9.33. The third-order valence-electron chi connectivity index (χ3n) is 3.08. The van der Waals surface area contributed by atoms with Crippen LogP contribution < -0.4 is 0 Å². The van der Waals surface area contributed by atoms with Crippen molar-refractivity contribution in [3.8, 4) is 5.75 Å². The third kappa shape index (κ3) is 7.27. The summed E-state index contributed by atoms with van der Waals surface area (Å²) in [5.41, 5.74) is 0.348. The van der Waals surface area contributed by atoms with Gasteiger partial charge in [0.15, 0.2) is 5.78 Å². The third-order valence-corrected chi connectivity index (χ3v) is 4.72. The summed E-state index contributed by atoms with van der Waals surface area (Å²) in [6.07, 6.45) is 2.42. The summed E-state index contributed by atoms with van der Waals surface area (Å²) >= 11 is 0. The average Bonchev–Trinajstić information content (AvgIpc) is 2.51. The summed E-state index contributed by atoms with van der Waals surface area (Å²) in [5.74, 6) is -0.0754. The Labute approximate surface area is 137 Å². The van der Waals surface area contributed by atoms with E-state index < -0.39 is 7.82 Å². The van der Waals surface area contributed by atoms with Gasteiger partial charge in [0.05, 0.1) is 25.4 Å². The summed E-state index contributed by atoms with van der Waals surface area (Å²) in [4.78, 5) is 12.0. The number of phosphoric acid groups is 1. The summed E-state index contributed by atoms with van der Waals surface area (Å²) in [6.45, 7) is 4.21.